The van der Waals surface area contributed by atoms with Crippen LogP contribution in [0.3, 0.4) is 0 Å². The zero-order valence-electron chi connectivity index (χ0n) is 17.2. The summed E-state index contributed by atoms with van der Waals surface area (Å²) in [6, 6.07) is 3.15. The fourth-order valence-electron chi connectivity index (χ4n) is 3.47. The smallest absolute Gasteiger partial charge is 0.272 e. The number of ether oxygens (including phenoxy) is 1. The first kappa shape index (κ1) is 22.1. The van der Waals surface area contributed by atoms with Gasteiger partial charge in [-0.05, 0) is 25.0 Å². The summed E-state index contributed by atoms with van der Waals surface area (Å²) in [6.07, 6.45) is 3.71. The number of amides is 1. The Bertz CT molecular complexity index is 1220. The predicted molar refractivity (Wildman–Crippen MR) is 115 cm³/mol. The topological polar surface area (TPSA) is 93.5 Å². The number of hydrogen-bond donors (Lipinski definition) is 2. The fourth-order valence-corrected chi connectivity index (χ4v) is 4.42. The van der Waals surface area contributed by atoms with Crippen LogP contribution < -0.4 is 10.7 Å². The molecule has 0 aliphatic carbocycles. The monoisotopic (exact) mass is 461 g/mol. The molecule has 0 radical (unpaired) electrons. The maximum atomic E-state index is 14.0. The zero-order valence-corrected chi connectivity index (χ0v) is 18.0. The minimum absolute atomic E-state index is 0.116. The second-order valence-corrected chi connectivity index (χ2v) is 8.68. The summed E-state index contributed by atoms with van der Waals surface area (Å²) >= 11 is 1.16. The quantitative estimate of drug-likeness (QED) is 0.625. The molecule has 1 atom stereocenters. The van der Waals surface area contributed by atoms with Gasteiger partial charge in [-0.15, -0.1) is 11.3 Å². The van der Waals surface area contributed by atoms with Crippen molar-refractivity contribution in [3.63, 3.8) is 0 Å². The van der Waals surface area contributed by atoms with E-state index < -0.39 is 28.7 Å². The summed E-state index contributed by atoms with van der Waals surface area (Å²) in [5, 5.41) is 13.9. The maximum absolute atomic E-state index is 14.0. The number of fused-ring (bicyclic) bond motifs is 1. The second kappa shape index (κ2) is 9.17. The Kier molecular flexibility index (Phi) is 6.33. The molecule has 3 aromatic rings. The number of thiazole rings is 1. The minimum atomic E-state index is -0.694. The zero-order chi connectivity index (χ0) is 22.8. The lowest BCUT2D eigenvalue weighted by molar-refractivity contribution is 0.0859. The van der Waals surface area contributed by atoms with Crippen LogP contribution in [0.25, 0.3) is 10.4 Å². The van der Waals surface area contributed by atoms with Crippen LogP contribution in [0, 0.1) is 11.6 Å². The number of pyridine rings is 1. The third kappa shape index (κ3) is 4.56. The van der Waals surface area contributed by atoms with Gasteiger partial charge in [-0.2, -0.15) is 0 Å². The molecular formula is C22H21F2N3O4S. The van der Waals surface area contributed by atoms with Crippen LogP contribution in [0.5, 0.6) is 5.75 Å². The van der Waals surface area contributed by atoms with Crippen LogP contribution in [-0.2, 0) is 17.7 Å². The molecule has 4 rings (SSSR count). The summed E-state index contributed by atoms with van der Waals surface area (Å²) in [5.74, 6) is -2.51. The van der Waals surface area contributed by atoms with Crippen LogP contribution in [-0.4, -0.2) is 39.8 Å². The molecule has 2 N–H and O–H groups in total. The lowest BCUT2D eigenvalue weighted by atomic mass is 10.1. The molecule has 0 bridgehead atoms. The highest BCUT2D eigenvalue weighted by molar-refractivity contribution is 7.15. The molecular weight excluding hydrogens is 440 g/mol. The molecule has 10 heteroatoms. The number of benzene rings is 1. The highest BCUT2D eigenvalue weighted by Gasteiger charge is 2.24. The maximum Gasteiger partial charge on any atom is 0.272 e. The molecule has 0 saturated carbocycles. The largest absolute Gasteiger partial charge is 0.503 e. The first-order valence-corrected chi connectivity index (χ1v) is 10.9. The third-order valence-electron chi connectivity index (χ3n) is 5.20. The summed E-state index contributed by atoms with van der Waals surface area (Å²) in [4.78, 5) is 30.3. The van der Waals surface area contributed by atoms with Gasteiger partial charge in [0.2, 0.25) is 5.43 Å². The number of carbonyl (C=O) groups is 1. The molecule has 3 heterocycles. The van der Waals surface area contributed by atoms with Crippen LogP contribution >= 0.6 is 11.3 Å². The van der Waals surface area contributed by atoms with E-state index in [0.717, 1.165) is 17.4 Å². The molecule has 1 aliphatic rings. The van der Waals surface area contributed by atoms with E-state index >= 15 is 0 Å². The molecule has 32 heavy (non-hydrogen) atoms. The number of aromatic hydroxyl groups is 1. The van der Waals surface area contributed by atoms with E-state index in [2.05, 4.69) is 10.3 Å². The lowest BCUT2D eigenvalue weighted by Gasteiger charge is -2.21. The van der Waals surface area contributed by atoms with E-state index in [1.54, 1.807) is 0 Å². The number of hydrogen-bond acceptors (Lipinski definition) is 6. The number of carbonyl (C=O) groups excluding carboxylic acids is 1. The van der Waals surface area contributed by atoms with Gasteiger partial charge in [0.1, 0.15) is 11.6 Å². The van der Waals surface area contributed by atoms with Crippen LogP contribution in [0.1, 0.15) is 34.4 Å². The lowest BCUT2D eigenvalue weighted by Crippen LogP contribution is -2.37. The summed E-state index contributed by atoms with van der Waals surface area (Å²) in [7, 11) is 0. The molecule has 0 spiro atoms. The van der Waals surface area contributed by atoms with Crippen molar-refractivity contribution in [2.75, 3.05) is 13.2 Å². The third-order valence-corrected chi connectivity index (χ3v) is 6.23. The molecule has 1 aromatic carbocycles. The Morgan fingerprint density at radius 3 is 2.91 bits per heavy atom. The van der Waals surface area contributed by atoms with Crippen molar-refractivity contribution in [2.45, 2.75) is 32.4 Å². The molecule has 0 saturated heterocycles. The Balaban J connectivity index is 1.69. The normalized spacial score (nSPS) is 17.0. The number of nitrogens with one attached hydrogen (secondary N) is 1. The Hall–Kier alpha value is -3.11. The van der Waals surface area contributed by atoms with Crippen molar-refractivity contribution in [1.82, 2.24) is 14.9 Å². The van der Waals surface area contributed by atoms with Crippen molar-refractivity contribution >= 4 is 17.2 Å². The summed E-state index contributed by atoms with van der Waals surface area (Å²) < 4.78 is 34.2. The van der Waals surface area contributed by atoms with Crippen molar-refractivity contribution in [3.05, 3.63) is 68.7 Å². The summed E-state index contributed by atoms with van der Waals surface area (Å²) in [6.45, 7) is 2.88. The molecule has 0 fully saturated rings. The van der Waals surface area contributed by atoms with Crippen molar-refractivity contribution in [3.8, 4) is 16.2 Å². The van der Waals surface area contributed by atoms with Gasteiger partial charge in [-0.3, -0.25) is 9.59 Å². The molecule has 168 valence electrons. The molecule has 2 aromatic heterocycles. The van der Waals surface area contributed by atoms with Gasteiger partial charge in [0.15, 0.2) is 11.4 Å². The predicted octanol–water partition coefficient (Wildman–Crippen LogP) is 3.09. The van der Waals surface area contributed by atoms with Gasteiger partial charge in [0, 0.05) is 44.1 Å². The Labute approximate surface area is 186 Å². The van der Waals surface area contributed by atoms with Gasteiger partial charge >= 0.3 is 0 Å². The first-order chi connectivity index (χ1) is 15.3. The molecule has 1 aliphatic heterocycles. The van der Waals surface area contributed by atoms with Gasteiger partial charge in [0.25, 0.3) is 5.91 Å². The summed E-state index contributed by atoms with van der Waals surface area (Å²) in [5.41, 5.74) is -0.359. The van der Waals surface area contributed by atoms with Gasteiger partial charge in [0.05, 0.1) is 22.1 Å². The van der Waals surface area contributed by atoms with Gasteiger partial charge in [-0.25, -0.2) is 13.8 Å². The van der Waals surface area contributed by atoms with Crippen LogP contribution in [0.15, 0.2) is 35.4 Å². The van der Waals surface area contributed by atoms with E-state index in [-0.39, 0.29) is 35.8 Å². The van der Waals surface area contributed by atoms with Crippen LogP contribution in [0.4, 0.5) is 8.78 Å². The number of rotatable bonds is 3. The van der Waals surface area contributed by atoms with E-state index in [1.807, 2.05) is 6.92 Å². The second-order valence-electron chi connectivity index (χ2n) is 7.57. The number of halogens is 2. The minimum Gasteiger partial charge on any atom is -0.503 e. The first-order valence-electron chi connectivity index (χ1n) is 10.1. The molecule has 1 amide bonds. The average molecular weight is 461 g/mol. The molecule has 0 unspecified atom stereocenters. The fraction of sp³-hybridized carbons (Fsp3) is 0.318. The Morgan fingerprint density at radius 1 is 1.31 bits per heavy atom. The Morgan fingerprint density at radius 2 is 2.12 bits per heavy atom. The average Bonchev–Trinajstić information content (AvgIpc) is 3.20. The number of aromatic nitrogens is 2. The van der Waals surface area contributed by atoms with E-state index in [0.29, 0.717) is 29.5 Å². The van der Waals surface area contributed by atoms with E-state index in [1.165, 1.54) is 29.1 Å². The number of nitrogens with zero attached hydrogens (tertiary/aromatic N) is 2. The highest BCUT2D eigenvalue weighted by atomic mass is 32.1. The highest BCUT2D eigenvalue weighted by Crippen LogP contribution is 2.28. The van der Waals surface area contributed by atoms with Gasteiger partial charge in [-0.1, -0.05) is 6.07 Å². The van der Waals surface area contributed by atoms with E-state index in [9.17, 15) is 23.5 Å². The van der Waals surface area contributed by atoms with E-state index in [4.69, 9.17) is 4.74 Å². The van der Waals surface area contributed by atoms with Gasteiger partial charge < -0.3 is 19.7 Å². The van der Waals surface area contributed by atoms with Crippen molar-refractivity contribution in [1.29, 1.82) is 0 Å². The van der Waals surface area contributed by atoms with Crippen LogP contribution in [0.2, 0.25) is 0 Å². The standard InChI is InChI=1S/C22H21F2N3O4S/c1-12-4-6-31-7-5-27-11-15(20(28)21(29)19(27)22(30)26-12)17-10-25-18(32-17)8-13-2-3-14(23)9-16(13)24/h2-3,9-12,29H,4-8H2,1H3,(H,26,30)/t12-/m1/s1. The van der Waals surface area contributed by atoms with Crippen molar-refractivity contribution in [2.24, 2.45) is 0 Å². The van der Waals surface area contributed by atoms with Crippen molar-refractivity contribution < 1.29 is 23.4 Å². The SMILES string of the molecule is C[C@@H]1CCOCCn2cc(-c3cnc(Cc4ccc(F)cc4F)s3)c(=O)c(O)c2C(=O)N1. The molecule has 7 nitrogen and oxygen atoms in total.